The number of nitrogens with zero attached hydrogens (tertiary/aromatic N) is 1. The van der Waals surface area contributed by atoms with E-state index in [1.165, 1.54) is 7.11 Å². The number of nitrogens with one attached hydrogen (secondary N) is 1. The van der Waals surface area contributed by atoms with Gasteiger partial charge in [0.05, 0.1) is 19.2 Å². The lowest BCUT2D eigenvalue weighted by atomic mass is 10.1. The minimum absolute atomic E-state index is 0.0836. The van der Waals surface area contributed by atoms with Crippen molar-refractivity contribution in [1.82, 2.24) is 10.4 Å². The fourth-order valence-corrected chi connectivity index (χ4v) is 2.66. The van der Waals surface area contributed by atoms with Crippen LogP contribution in [0.3, 0.4) is 0 Å². The zero-order chi connectivity index (χ0) is 19.8. The molecule has 0 bridgehead atoms. The van der Waals surface area contributed by atoms with Crippen LogP contribution in [0.5, 0.6) is 0 Å². The smallest absolute Gasteiger partial charge is 0.337 e. The molecule has 0 aliphatic carbocycles. The average molecular weight is 371 g/mol. The van der Waals surface area contributed by atoms with Gasteiger partial charge in [-0.1, -0.05) is 24.3 Å². The molecule has 0 atom stereocenters. The molecule has 0 fully saturated rings. The van der Waals surface area contributed by atoms with Gasteiger partial charge in [0.1, 0.15) is 0 Å². The molecule has 0 saturated carbocycles. The van der Waals surface area contributed by atoms with Crippen LogP contribution in [0.4, 0.5) is 0 Å². The maximum atomic E-state index is 11.7. The van der Waals surface area contributed by atoms with Crippen molar-refractivity contribution in [3.63, 3.8) is 0 Å². The van der Waals surface area contributed by atoms with E-state index in [0.29, 0.717) is 24.2 Å². The number of esters is 1. The Balaban J connectivity index is 2.22. The van der Waals surface area contributed by atoms with Crippen molar-refractivity contribution < 1.29 is 24.3 Å². The van der Waals surface area contributed by atoms with Gasteiger partial charge in [0, 0.05) is 18.7 Å². The van der Waals surface area contributed by atoms with Gasteiger partial charge in [-0.3, -0.25) is 19.7 Å². The number of nitrogens with two attached hydrogens (primary N) is 1. The molecule has 0 aliphatic heterocycles. The third-order valence-corrected chi connectivity index (χ3v) is 3.86. The summed E-state index contributed by atoms with van der Waals surface area (Å²) in [4.78, 5) is 36.4. The van der Waals surface area contributed by atoms with Crippen LogP contribution in [0.2, 0.25) is 0 Å². The van der Waals surface area contributed by atoms with Crippen LogP contribution >= 0.6 is 0 Å². The summed E-state index contributed by atoms with van der Waals surface area (Å²) >= 11 is 0. The van der Waals surface area contributed by atoms with Crippen LogP contribution in [0.15, 0.2) is 48.5 Å². The number of carbonyl (C=O) groups is 3. The molecule has 0 unspecified atom stereocenters. The highest BCUT2D eigenvalue weighted by molar-refractivity contribution is 5.92. The van der Waals surface area contributed by atoms with Crippen LogP contribution in [-0.4, -0.2) is 41.5 Å². The summed E-state index contributed by atoms with van der Waals surface area (Å²) < 4.78 is 4.72. The van der Waals surface area contributed by atoms with Gasteiger partial charge in [-0.15, -0.1) is 0 Å². The Morgan fingerprint density at radius 3 is 2.11 bits per heavy atom. The molecule has 0 aliphatic rings. The standard InChI is InChI=1S/C19H21N3O5/c1-27-19(25)16-7-3-5-14(9-16)11-22(12-17(23)21-26)10-13-4-2-6-15(8-13)18(20)24/h2-9,26H,10-12H2,1H3,(H2,20,24)(H,21,23). The summed E-state index contributed by atoms with van der Waals surface area (Å²) in [5.74, 6) is -1.57. The van der Waals surface area contributed by atoms with E-state index >= 15 is 0 Å². The Morgan fingerprint density at radius 1 is 1.04 bits per heavy atom. The third-order valence-electron chi connectivity index (χ3n) is 3.86. The number of ether oxygens (including phenoxy) is 1. The van der Waals surface area contributed by atoms with Gasteiger partial charge < -0.3 is 10.5 Å². The van der Waals surface area contributed by atoms with Crippen molar-refractivity contribution in [1.29, 1.82) is 0 Å². The summed E-state index contributed by atoms with van der Waals surface area (Å²) in [6, 6.07) is 13.6. The summed E-state index contributed by atoms with van der Waals surface area (Å²) in [5, 5.41) is 8.83. The van der Waals surface area contributed by atoms with Gasteiger partial charge in [0.25, 0.3) is 5.91 Å². The number of hydrogen-bond donors (Lipinski definition) is 3. The number of primary amides is 1. The first-order valence-electron chi connectivity index (χ1n) is 8.14. The summed E-state index contributed by atoms with van der Waals surface area (Å²) in [6.45, 7) is 0.579. The predicted molar refractivity (Wildman–Crippen MR) is 96.8 cm³/mol. The normalized spacial score (nSPS) is 10.5. The second kappa shape index (κ2) is 9.46. The lowest BCUT2D eigenvalue weighted by molar-refractivity contribution is -0.130. The topological polar surface area (TPSA) is 122 Å². The van der Waals surface area contributed by atoms with Gasteiger partial charge in [-0.05, 0) is 35.4 Å². The number of methoxy groups -OCH3 is 1. The molecule has 2 rings (SSSR count). The van der Waals surface area contributed by atoms with E-state index in [-0.39, 0.29) is 6.54 Å². The summed E-state index contributed by atoms with van der Waals surface area (Å²) in [6.07, 6.45) is 0. The van der Waals surface area contributed by atoms with Crippen LogP contribution < -0.4 is 11.2 Å². The van der Waals surface area contributed by atoms with E-state index in [2.05, 4.69) is 0 Å². The van der Waals surface area contributed by atoms with E-state index in [1.807, 2.05) is 6.07 Å². The molecule has 27 heavy (non-hydrogen) atoms. The van der Waals surface area contributed by atoms with Crippen molar-refractivity contribution >= 4 is 17.8 Å². The molecule has 2 amide bonds. The third kappa shape index (κ3) is 5.91. The second-order valence-electron chi connectivity index (χ2n) is 5.94. The number of carbonyl (C=O) groups excluding carboxylic acids is 3. The van der Waals surface area contributed by atoms with E-state index in [9.17, 15) is 14.4 Å². The van der Waals surface area contributed by atoms with Crippen molar-refractivity contribution in [2.45, 2.75) is 13.1 Å². The zero-order valence-electron chi connectivity index (χ0n) is 14.8. The fraction of sp³-hybridized carbons (Fsp3) is 0.211. The quantitative estimate of drug-likeness (QED) is 0.363. The zero-order valence-corrected chi connectivity index (χ0v) is 14.8. The van der Waals surface area contributed by atoms with Gasteiger partial charge in [0.2, 0.25) is 5.91 Å². The van der Waals surface area contributed by atoms with Gasteiger partial charge in [-0.25, -0.2) is 10.3 Å². The highest BCUT2D eigenvalue weighted by Gasteiger charge is 2.14. The van der Waals surface area contributed by atoms with Gasteiger partial charge in [-0.2, -0.15) is 0 Å². The van der Waals surface area contributed by atoms with Crippen molar-refractivity contribution in [2.24, 2.45) is 5.73 Å². The molecule has 0 saturated heterocycles. The van der Waals surface area contributed by atoms with Crippen LogP contribution in [-0.2, 0) is 22.6 Å². The van der Waals surface area contributed by atoms with Crippen LogP contribution in [0.1, 0.15) is 31.8 Å². The number of amides is 2. The van der Waals surface area contributed by atoms with E-state index in [0.717, 1.165) is 11.1 Å². The molecule has 0 spiro atoms. The van der Waals surface area contributed by atoms with E-state index < -0.39 is 17.8 Å². The van der Waals surface area contributed by atoms with E-state index in [1.54, 1.807) is 52.8 Å². The maximum Gasteiger partial charge on any atom is 0.337 e. The molecular weight excluding hydrogens is 350 g/mol. The first-order valence-corrected chi connectivity index (χ1v) is 8.14. The number of rotatable bonds is 8. The van der Waals surface area contributed by atoms with Gasteiger partial charge in [0.15, 0.2) is 0 Å². The molecule has 2 aromatic rings. The molecule has 8 heteroatoms. The highest BCUT2D eigenvalue weighted by Crippen LogP contribution is 2.13. The second-order valence-corrected chi connectivity index (χ2v) is 5.94. The van der Waals surface area contributed by atoms with Crippen molar-refractivity contribution in [3.8, 4) is 0 Å². The molecule has 0 aromatic heterocycles. The molecule has 4 N–H and O–H groups in total. The minimum atomic E-state index is -0.579. The largest absolute Gasteiger partial charge is 0.465 e. The molecular formula is C19H21N3O5. The Morgan fingerprint density at radius 2 is 1.59 bits per heavy atom. The maximum absolute atomic E-state index is 11.7. The SMILES string of the molecule is COC(=O)c1cccc(CN(CC(=O)NO)Cc2cccc(C(N)=O)c2)c1. The lowest BCUT2D eigenvalue weighted by Gasteiger charge is -2.22. The number of hydrogen-bond acceptors (Lipinski definition) is 6. The Hall–Kier alpha value is -3.23. The first kappa shape index (κ1) is 20.1. The number of hydroxylamine groups is 1. The summed E-state index contributed by atoms with van der Waals surface area (Å²) in [5.41, 5.74) is 9.24. The van der Waals surface area contributed by atoms with Crippen LogP contribution in [0.25, 0.3) is 0 Å². The predicted octanol–water partition coefficient (Wildman–Crippen LogP) is 1.08. The molecule has 8 nitrogen and oxygen atoms in total. The Kier molecular flexibility index (Phi) is 7.04. The molecule has 0 radical (unpaired) electrons. The Bertz CT molecular complexity index is 838. The van der Waals surface area contributed by atoms with Crippen molar-refractivity contribution in [2.75, 3.05) is 13.7 Å². The number of benzene rings is 2. The fourth-order valence-electron chi connectivity index (χ4n) is 2.66. The van der Waals surface area contributed by atoms with Crippen LogP contribution in [0, 0.1) is 0 Å². The summed E-state index contributed by atoms with van der Waals surface area (Å²) in [7, 11) is 1.30. The highest BCUT2D eigenvalue weighted by atomic mass is 16.5. The first-order chi connectivity index (χ1) is 12.9. The van der Waals surface area contributed by atoms with Gasteiger partial charge >= 0.3 is 5.97 Å². The molecule has 2 aromatic carbocycles. The lowest BCUT2D eigenvalue weighted by Crippen LogP contribution is -2.35. The average Bonchev–Trinajstić information content (AvgIpc) is 2.67. The Labute approximate surface area is 156 Å². The van der Waals surface area contributed by atoms with E-state index in [4.69, 9.17) is 15.7 Å². The minimum Gasteiger partial charge on any atom is -0.465 e. The molecule has 142 valence electrons. The monoisotopic (exact) mass is 371 g/mol. The molecule has 0 heterocycles. The van der Waals surface area contributed by atoms with Crippen molar-refractivity contribution in [3.05, 3.63) is 70.8 Å².